The fourth-order valence-electron chi connectivity index (χ4n) is 7.89. The zero-order valence-corrected chi connectivity index (χ0v) is 30.2. The largest absolute Gasteiger partial charge is 0.456 e. The van der Waals surface area contributed by atoms with Gasteiger partial charge in [0.15, 0.2) is 17.5 Å². The minimum absolute atomic E-state index is 0.622. The Morgan fingerprint density at radius 2 is 0.786 bits per heavy atom. The average Bonchev–Trinajstić information content (AvgIpc) is 3.82. The Kier molecular flexibility index (Phi) is 7.42. The zero-order chi connectivity index (χ0) is 37.0. The molecule has 0 aliphatic carbocycles. The van der Waals surface area contributed by atoms with E-state index in [0.717, 1.165) is 72.0 Å². The number of aromatic nitrogens is 4. The standard InChI is InChI=1S/C51H32N4O/c1-3-11-33(12-4-1)34-19-21-37(22-20-34)50-52-49(36-13-5-2-6-14-36)53-51(54-50)39-25-29-42-41-15-7-9-17-45(41)55(46(42)32-39)40-27-23-35(24-28-40)38-26-30-48-44(31-38)43-16-8-10-18-47(43)56-48/h1-32H. The summed E-state index contributed by atoms with van der Waals surface area (Å²) in [6.07, 6.45) is 0. The fourth-order valence-corrected chi connectivity index (χ4v) is 7.89. The molecule has 3 heterocycles. The summed E-state index contributed by atoms with van der Waals surface area (Å²) in [7, 11) is 0. The molecule has 0 N–H and O–H groups in total. The van der Waals surface area contributed by atoms with Crippen LogP contribution in [0.25, 0.3) is 106 Å². The van der Waals surface area contributed by atoms with Crippen molar-refractivity contribution in [3.8, 4) is 62.1 Å². The van der Waals surface area contributed by atoms with E-state index in [4.69, 9.17) is 19.4 Å². The van der Waals surface area contributed by atoms with Crippen LogP contribution in [0.2, 0.25) is 0 Å². The van der Waals surface area contributed by atoms with Crippen molar-refractivity contribution in [2.24, 2.45) is 0 Å². The molecule has 0 amide bonds. The Hall–Kier alpha value is -7.63. The molecule has 0 saturated carbocycles. The number of benzene rings is 8. The Bertz CT molecular complexity index is 3220. The predicted molar refractivity (Wildman–Crippen MR) is 229 cm³/mol. The normalized spacial score (nSPS) is 11.6. The van der Waals surface area contributed by atoms with Gasteiger partial charge < -0.3 is 8.98 Å². The van der Waals surface area contributed by atoms with Gasteiger partial charge in [0.25, 0.3) is 0 Å². The van der Waals surface area contributed by atoms with Crippen LogP contribution in [0.3, 0.4) is 0 Å². The Morgan fingerprint density at radius 1 is 0.304 bits per heavy atom. The van der Waals surface area contributed by atoms with Crippen LogP contribution in [-0.2, 0) is 0 Å². The molecule has 0 aliphatic rings. The number of para-hydroxylation sites is 2. The van der Waals surface area contributed by atoms with Gasteiger partial charge in [0, 0.05) is 43.9 Å². The molecule has 56 heavy (non-hydrogen) atoms. The molecule has 11 rings (SSSR count). The van der Waals surface area contributed by atoms with Crippen molar-refractivity contribution in [1.82, 2.24) is 19.5 Å². The highest BCUT2D eigenvalue weighted by Gasteiger charge is 2.17. The molecule has 3 aromatic heterocycles. The number of hydrogen-bond donors (Lipinski definition) is 0. The van der Waals surface area contributed by atoms with Gasteiger partial charge in [-0.05, 0) is 64.7 Å². The summed E-state index contributed by atoms with van der Waals surface area (Å²) < 4.78 is 8.44. The lowest BCUT2D eigenvalue weighted by atomic mass is 10.0. The maximum atomic E-state index is 6.10. The van der Waals surface area contributed by atoms with E-state index >= 15 is 0 Å². The van der Waals surface area contributed by atoms with Crippen LogP contribution < -0.4 is 0 Å². The quantitative estimate of drug-likeness (QED) is 0.172. The molecule has 5 nitrogen and oxygen atoms in total. The maximum Gasteiger partial charge on any atom is 0.164 e. The van der Waals surface area contributed by atoms with Crippen LogP contribution in [-0.4, -0.2) is 19.5 Å². The monoisotopic (exact) mass is 716 g/mol. The van der Waals surface area contributed by atoms with Crippen LogP contribution in [0.1, 0.15) is 0 Å². The summed E-state index contributed by atoms with van der Waals surface area (Å²) in [5, 5.41) is 4.61. The number of nitrogens with zero attached hydrogens (tertiary/aromatic N) is 4. The van der Waals surface area contributed by atoms with Crippen LogP contribution >= 0.6 is 0 Å². The van der Waals surface area contributed by atoms with Crippen molar-refractivity contribution in [3.63, 3.8) is 0 Å². The third-order valence-corrected chi connectivity index (χ3v) is 10.7. The second-order valence-corrected chi connectivity index (χ2v) is 14.1. The molecule has 0 spiro atoms. The van der Waals surface area contributed by atoms with Crippen molar-refractivity contribution in [3.05, 3.63) is 194 Å². The molecule has 0 bridgehead atoms. The SMILES string of the molecule is c1ccc(-c2ccc(-c3nc(-c4ccccc4)nc(-c4ccc5c6ccccc6n(-c6ccc(-c7ccc8oc9ccccc9c8c7)cc6)c5c4)n3)cc2)cc1. The first kappa shape index (κ1) is 31.9. The first-order chi connectivity index (χ1) is 27.7. The highest BCUT2D eigenvalue weighted by molar-refractivity contribution is 6.10. The van der Waals surface area contributed by atoms with Crippen LogP contribution in [0.5, 0.6) is 0 Å². The molecule has 0 aliphatic heterocycles. The van der Waals surface area contributed by atoms with Crippen LogP contribution in [0, 0.1) is 0 Å². The highest BCUT2D eigenvalue weighted by atomic mass is 16.3. The maximum absolute atomic E-state index is 6.10. The first-order valence-corrected chi connectivity index (χ1v) is 18.8. The smallest absolute Gasteiger partial charge is 0.164 e. The summed E-state index contributed by atoms with van der Waals surface area (Å²) in [4.78, 5) is 15.2. The summed E-state index contributed by atoms with van der Waals surface area (Å²) in [6.45, 7) is 0. The van der Waals surface area contributed by atoms with E-state index in [1.807, 2.05) is 48.5 Å². The number of rotatable bonds is 6. The molecule has 5 heteroatoms. The predicted octanol–water partition coefficient (Wildman–Crippen LogP) is 13.2. The molecule has 11 aromatic rings. The minimum atomic E-state index is 0.622. The third kappa shape index (κ3) is 5.45. The Labute approximate surface area is 322 Å². The van der Waals surface area contributed by atoms with Crippen molar-refractivity contribution < 1.29 is 4.42 Å². The van der Waals surface area contributed by atoms with Gasteiger partial charge in [-0.3, -0.25) is 0 Å². The van der Waals surface area contributed by atoms with Gasteiger partial charge in [-0.2, -0.15) is 0 Å². The van der Waals surface area contributed by atoms with Crippen LogP contribution in [0.15, 0.2) is 199 Å². The van der Waals surface area contributed by atoms with Crippen molar-refractivity contribution in [2.75, 3.05) is 0 Å². The average molecular weight is 717 g/mol. The Morgan fingerprint density at radius 3 is 1.54 bits per heavy atom. The number of furan rings is 1. The summed E-state index contributed by atoms with van der Waals surface area (Å²) in [5.41, 5.74) is 12.5. The molecule has 0 radical (unpaired) electrons. The minimum Gasteiger partial charge on any atom is -0.456 e. The molecular weight excluding hydrogens is 685 g/mol. The van der Waals surface area contributed by atoms with E-state index < -0.39 is 0 Å². The van der Waals surface area contributed by atoms with E-state index in [9.17, 15) is 0 Å². The van der Waals surface area contributed by atoms with E-state index in [2.05, 4.69) is 150 Å². The third-order valence-electron chi connectivity index (χ3n) is 10.7. The molecule has 0 fully saturated rings. The van der Waals surface area contributed by atoms with Gasteiger partial charge in [0.05, 0.1) is 11.0 Å². The highest BCUT2D eigenvalue weighted by Crippen LogP contribution is 2.37. The van der Waals surface area contributed by atoms with Gasteiger partial charge in [-0.25, -0.2) is 15.0 Å². The molecule has 0 unspecified atom stereocenters. The van der Waals surface area contributed by atoms with E-state index in [-0.39, 0.29) is 0 Å². The number of hydrogen-bond acceptors (Lipinski definition) is 4. The zero-order valence-electron chi connectivity index (χ0n) is 30.2. The molecule has 0 saturated heterocycles. The summed E-state index contributed by atoms with van der Waals surface area (Å²) in [5.74, 6) is 1.89. The molecule has 262 valence electrons. The van der Waals surface area contributed by atoms with Gasteiger partial charge in [0.1, 0.15) is 11.2 Å². The summed E-state index contributed by atoms with van der Waals surface area (Å²) >= 11 is 0. The van der Waals surface area contributed by atoms with E-state index in [0.29, 0.717) is 17.5 Å². The second kappa shape index (κ2) is 13.0. The lowest BCUT2D eigenvalue weighted by Gasteiger charge is -2.11. The van der Waals surface area contributed by atoms with Gasteiger partial charge in [-0.15, -0.1) is 0 Å². The fraction of sp³-hybridized carbons (Fsp3) is 0. The molecular formula is C51H32N4O. The van der Waals surface area contributed by atoms with Crippen molar-refractivity contribution >= 4 is 43.7 Å². The van der Waals surface area contributed by atoms with Crippen molar-refractivity contribution in [1.29, 1.82) is 0 Å². The van der Waals surface area contributed by atoms with Gasteiger partial charge >= 0.3 is 0 Å². The molecule has 0 atom stereocenters. The van der Waals surface area contributed by atoms with Crippen molar-refractivity contribution in [2.45, 2.75) is 0 Å². The van der Waals surface area contributed by atoms with Gasteiger partial charge in [0.2, 0.25) is 0 Å². The molecule has 8 aromatic carbocycles. The van der Waals surface area contributed by atoms with E-state index in [1.165, 1.54) is 16.3 Å². The van der Waals surface area contributed by atoms with Gasteiger partial charge in [-0.1, -0.05) is 152 Å². The first-order valence-electron chi connectivity index (χ1n) is 18.8. The number of fused-ring (bicyclic) bond motifs is 6. The second-order valence-electron chi connectivity index (χ2n) is 14.1. The lowest BCUT2D eigenvalue weighted by Crippen LogP contribution is -2.00. The van der Waals surface area contributed by atoms with Crippen LogP contribution in [0.4, 0.5) is 0 Å². The lowest BCUT2D eigenvalue weighted by molar-refractivity contribution is 0.669. The summed E-state index contributed by atoms with van der Waals surface area (Å²) in [6, 6.07) is 67.6. The van der Waals surface area contributed by atoms with E-state index in [1.54, 1.807) is 0 Å². The topological polar surface area (TPSA) is 56.7 Å². The Balaban J connectivity index is 1.02.